The molecule has 5 heteroatoms. The van der Waals surface area contributed by atoms with E-state index in [0.29, 0.717) is 18.4 Å². The van der Waals surface area contributed by atoms with Crippen molar-refractivity contribution in [2.45, 2.75) is 52.0 Å². The molecule has 2 fully saturated rings. The Hall–Kier alpha value is -1.10. The number of carbonyl (C=O) groups excluding carboxylic acids is 2. The van der Waals surface area contributed by atoms with Crippen molar-refractivity contribution in [3.63, 3.8) is 0 Å². The Balaban J connectivity index is 1.79. The van der Waals surface area contributed by atoms with Crippen molar-refractivity contribution in [1.82, 2.24) is 14.7 Å². The molecule has 22 heavy (non-hydrogen) atoms. The average molecular weight is 309 g/mol. The van der Waals surface area contributed by atoms with Gasteiger partial charge in [-0.1, -0.05) is 13.8 Å². The van der Waals surface area contributed by atoms with E-state index in [0.717, 1.165) is 58.4 Å². The number of carbonyl (C=O) groups is 2. The lowest BCUT2D eigenvalue weighted by atomic mass is 9.93. The predicted octanol–water partition coefficient (Wildman–Crippen LogP) is 1.58. The zero-order valence-corrected chi connectivity index (χ0v) is 14.4. The lowest BCUT2D eigenvalue weighted by molar-refractivity contribution is -0.139. The third-order valence-corrected chi connectivity index (χ3v) is 5.40. The van der Waals surface area contributed by atoms with Crippen molar-refractivity contribution in [3.05, 3.63) is 0 Å². The van der Waals surface area contributed by atoms with Gasteiger partial charge >= 0.3 is 0 Å². The number of piperidine rings is 2. The number of likely N-dealkylation sites (tertiary alicyclic amines) is 2. The van der Waals surface area contributed by atoms with Crippen LogP contribution in [-0.4, -0.2) is 72.3 Å². The molecule has 0 atom stereocenters. The summed E-state index contributed by atoms with van der Waals surface area (Å²) in [5, 5.41) is 0. The third-order valence-electron chi connectivity index (χ3n) is 5.40. The van der Waals surface area contributed by atoms with Gasteiger partial charge < -0.3 is 14.7 Å². The van der Waals surface area contributed by atoms with Gasteiger partial charge in [-0.05, 0) is 45.3 Å². The van der Waals surface area contributed by atoms with Crippen LogP contribution in [0.2, 0.25) is 0 Å². The van der Waals surface area contributed by atoms with Crippen molar-refractivity contribution in [1.29, 1.82) is 0 Å². The zero-order chi connectivity index (χ0) is 16.1. The maximum absolute atomic E-state index is 12.6. The van der Waals surface area contributed by atoms with Crippen LogP contribution in [0, 0.1) is 5.92 Å². The van der Waals surface area contributed by atoms with Crippen LogP contribution in [0.25, 0.3) is 0 Å². The van der Waals surface area contributed by atoms with Gasteiger partial charge in [0.1, 0.15) is 0 Å². The molecular formula is C17H31N3O2. The van der Waals surface area contributed by atoms with Gasteiger partial charge in [0, 0.05) is 38.5 Å². The molecule has 0 aliphatic carbocycles. The minimum absolute atomic E-state index is 0.205. The first kappa shape index (κ1) is 17.3. The van der Waals surface area contributed by atoms with Gasteiger partial charge in [0.15, 0.2) is 0 Å². The highest BCUT2D eigenvalue weighted by Gasteiger charge is 2.32. The molecular weight excluding hydrogens is 278 g/mol. The summed E-state index contributed by atoms with van der Waals surface area (Å²) in [6.07, 6.45) is 4.40. The molecule has 126 valence electrons. The fourth-order valence-corrected chi connectivity index (χ4v) is 3.68. The lowest BCUT2D eigenvalue weighted by Crippen LogP contribution is -2.49. The van der Waals surface area contributed by atoms with Crippen LogP contribution in [0.3, 0.4) is 0 Å². The Morgan fingerprint density at radius 2 is 1.59 bits per heavy atom. The molecule has 0 radical (unpaired) electrons. The van der Waals surface area contributed by atoms with E-state index in [9.17, 15) is 9.59 Å². The molecule has 0 bridgehead atoms. The predicted molar refractivity (Wildman–Crippen MR) is 87.5 cm³/mol. The van der Waals surface area contributed by atoms with E-state index in [1.165, 1.54) is 0 Å². The Morgan fingerprint density at radius 3 is 2.09 bits per heavy atom. The van der Waals surface area contributed by atoms with Crippen molar-refractivity contribution in [2.75, 3.05) is 39.8 Å². The Kier molecular flexibility index (Phi) is 6.24. The first-order valence-corrected chi connectivity index (χ1v) is 8.83. The summed E-state index contributed by atoms with van der Waals surface area (Å²) < 4.78 is 0. The summed E-state index contributed by atoms with van der Waals surface area (Å²) >= 11 is 0. The summed E-state index contributed by atoms with van der Waals surface area (Å²) in [5.74, 6) is 0.768. The molecule has 2 aliphatic rings. The van der Waals surface area contributed by atoms with E-state index in [1.54, 1.807) is 0 Å². The second-order valence-corrected chi connectivity index (χ2v) is 6.62. The maximum atomic E-state index is 12.6. The Bertz CT molecular complexity index is 383. The van der Waals surface area contributed by atoms with Gasteiger partial charge in [-0.25, -0.2) is 0 Å². The minimum atomic E-state index is 0.205. The van der Waals surface area contributed by atoms with E-state index in [-0.39, 0.29) is 11.8 Å². The normalized spacial score (nSPS) is 21.9. The highest BCUT2D eigenvalue weighted by atomic mass is 16.2. The Morgan fingerprint density at radius 1 is 1.00 bits per heavy atom. The average Bonchev–Trinajstić information content (AvgIpc) is 2.60. The van der Waals surface area contributed by atoms with Crippen molar-refractivity contribution in [3.8, 4) is 0 Å². The molecule has 2 aliphatic heterocycles. The first-order chi connectivity index (χ1) is 10.6. The van der Waals surface area contributed by atoms with Crippen molar-refractivity contribution >= 4 is 11.8 Å². The van der Waals surface area contributed by atoms with Crippen LogP contribution in [-0.2, 0) is 9.59 Å². The molecule has 5 nitrogen and oxygen atoms in total. The summed E-state index contributed by atoms with van der Waals surface area (Å²) in [7, 11) is 1.90. The van der Waals surface area contributed by atoms with Gasteiger partial charge in [0.05, 0.1) is 0 Å². The highest BCUT2D eigenvalue weighted by molar-refractivity contribution is 5.79. The zero-order valence-electron chi connectivity index (χ0n) is 14.4. The molecule has 0 aromatic heterocycles. The van der Waals surface area contributed by atoms with E-state index in [2.05, 4.69) is 11.8 Å². The molecule has 0 aromatic carbocycles. The van der Waals surface area contributed by atoms with Gasteiger partial charge in [-0.15, -0.1) is 0 Å². The van der Waals surface area contributed by atoms with Gasteiger partial charge in [-0.2, -0.15) is 0 Å². The summed E-state index contributed by atoms with van der Waals surface area (Å²) in [6, 6.07) is 0.304. The van der Waals surface area contributed by atoms with Crippen LogP contribution < -0.4 is 0 Å². The number of amides is 2. The van der Waals surface area contributed by atoms with Crippen LogP contribution in [0.5, 0.6) is 0 Å². The topological polar surface area (TPSA) is 43.9 Å². The lowest BCUT2D eigenvalue weighted by Gasteiger charge is -2.39. The molecule has 0 spiro atoms. The van der Waals surface area contributed by atoms with Crippen LogP contribution in [0.4, 0.5) is 0 Å². The standard InChI is InChI=1S/C17H31N3O2/c1-4-16(21)18(3)15-8-12-20(13-9-15)17(22)14-6-10-19(5-2)11-7-14/h14-15H,4-13H2,1-3H3. The second kappa shape index (κ2) is 7.95. The monoisotopic (exact) mass is 309 g/mol. The summed E-state index contributed by atoms with van der Waals surface area (Å²) in [6.45, 7) is 8.89. The Labute approximate surface area is 134 Å². The maximum Gasteiger partial charge on any atom is 0.225 e. The third kappa shape index (κ3) is 4.00. The van der Waals surface area contributed by atoms with E-state index >= 15 is 0 Å². The van der Waals surface area contributed by atoms with Crippen molar-refractivity contribution in [2.24, 2.45) is 5.92 Å². The van der Waals surface area contributed by atoms with Crippen LogP contribution in [0.15, 0.2) is 0 Å². The quantitative estimate of drug-likeness (QED) is 0.792. The van der Waals surface area contributed by atoms with Crippen LogP contribution in [0.1, 0.15) is 46.0 Å². The molecule has 2 heterocycles. The molecule has 2 saturated heterocycles. The van der Waals surface area contributed by atoms with Crippen LogP contribution >= 0.6 is 0 Å². The van der Waals surface area contributed by atoms with Gasteiger partial charge in [0.25, 0.3) is 0 Å². The van der Waals surface area contributed by atoms with Gasteiger partial charge in [0.2, 0.25) is 11.8 Å². The number of hydrogen-bond acceptors (Lipinski definition) is 3. The molecule has 0 unspecified atom stereocenters. The minimum Gasteiger partial charge on any atom is -0.343 e. The second-order valence-electron chi connectivity index (χ2n) is 6.62. The first-order valence-electron chi connectivity index (χ1n) is 8.83. The summed E-state index contributed by atoms with van der Waals surface area (Å²) in [4.78, 5) is 30.7. The molecule has 0 N–H and O–H groups in total. The molecule has 0 aromatic rings. The number of rotatable bonds is 4. The van der Waals surface area contributed by atoms with E-state index in [4.69, 9.17) is 0 Å². The smallest absolute Gasteiger partial charge is 0.225 e. The number of hydrogen-bond donors (Lipinski definition) is 0. The summed E-state index contributed by atoms with van der Waals surface area (Å²) in [5.41, 5.74) is 0. The molecule has 0 saturated carbocycles. The molecule has 2 rings (SSSR count). The fourth-order valence-electron chi connectivity index (χ4n) is 3.68. The fraction of sp³-hybridized carbons (Fsp3) is 0.882. The largest absolute Gasteiger partial charge is 0.343 e. The SMILES string of the molecule is CCC(=O)N(C)C1CCN(C(=O)C2CCN(CC)CC2)CC1. The number of nitrogens with zero attached hydrogens (tertiary/aromatic N) is 3. The van der Waals surface area contributed by atoms with E-state index in [1.807, 2.05) is 23.8 Å². The highest BCUT2D eigenvalue weighted by Crippen LogP contribution is 2.23. The van der Waals surface area contributed by atoms with Gasteiger partial charge in [-0.3, -0.25) is 9.59 Å². The molecule has 2 amide bonds. The van der Waals surface area contributed by atoms with Crippen molar-refractivity contribution < 1.29 is 9.59 Å². The van der Waals surface area contributed by atoms with E-state index < -0.39 is 0 Å².